The van der Waals surface area contributed by atoms with Gasteiger partial charge in [-0.1, -0.05) is 32.4 Å². The van der Waals surface area contributed by atoms with Crippen LogP contribution in [0.2, 0.25) is 4.34 Å². The molecule has 16 heavy (non-hydrogen) atoms. The van der Waals surface area contributed by atoms with E-state index >= 15 is 0 Å². The van der Waals surface area contributed by atoms with Crippen molar-refractivity contribution in [3.63, 3.8) is 0 Å². The number of hydrogen-bond donors (Lipinski definition) is 1. The first-order valence-electron chi connectivity index (χ1n) is 5.67. The highest BCUT2D eigenvalue weighted by Crippen LogP contribution is 2.31. The molecule has 2 atom stereocenters. The maximum Gasteiger partial charge on any atom is 0.107 e. The zero-order valence-electron chi connectivity index (χ0n) is 10.1. The quantitative estimate of drug-likeness (QED) is 0.844. The predicted octanol–water partition coefficient (Wildman–Crippen LogP) is 3.85. The summed E-state index contributed by atoms with van der Waals surface area (Å²) in [5, 5.41) is 0. The maximum atomic E-state index is 6.08. The first-order valence-corrected chi connectivity index (χ1v) is 6.86. The van der Waals surface area contributed by atoms with Crippen LogP contribution in [0.1, 0.15) is 38.2 Å². The van der Waals surface area contributed by atoms with Crippen LogP contribution in [0.3, 0.4) is 0 Å². The molecule has 2 N–H and O–H groups in total. The fourth-order valence-corrected chi connectivity index (χ4v) is 2.59. The van der Waals surface area contributed by atoms with Gasteiger partial charge >= 0.3 is 0 Å². The molecule has 92 valence electrons. The smallest absolute Gasteiger partial charge is 0.107 e. The van der Waals surface area contributed by atoms with E-state index in [1.165, 1.54) is 0 Å². The summed E-state index contributed by atoms with van der Waals surface area (Å²) in [5.41, 5.74) is 6.08. The second kappa shape index (κ2) is 6.60. The van der Waals surface area contributed by atoms with Crippen molar-refractivity contribution in [2.75, 3.05) is 6.61 Å². The Hall–Kier alpha value is -0.0900. The van der Waals surface area contributed by atoms with E-state index in [2.05, 4.69) is 20.8 Å². The lowest BCUT2D eigenvalue weighted by molar-refractivity contribution is 0.0200. The zero-order chi connectivity index (χ0) is 12.1. The van der Waals surface area contributed by atoms with Crippen LogP contribution in [-0.2, 0) is 4.74 Å². The predicted molar refractivity (Wildman–Crippen MR) is 71.1 cm³/mol. The molecule has 2 unspecified atom stereocenters. The molecule has 0 aromatic carbocycles. The molecule has 0 amide bonds. The highest BCUT2D eigenvalue weighted by atomic mass is 35.5. The first kappa shape index (κ1) is 14.0. The van der Waals surface area contributed by atoms with E-state index in [9.17, 15) is 0 Å². The van der Waals surface area contributed by atoms with Crippen LogP contribution < -0.4 is 5.73 Å². The van der Waals surface area contributed by atoms with E-state index in [0.29, 0.717) is 5.92 Å². The molecule has 1 heterocycles. The van der Waals surface area contributed by atoms with E-state index in [4.69, 9.17) is 22.1 Å². The van der Waals surface area contributed by atoms with Crippen LogP contribution in [0, 0.1) is 5.92 Å². The lowest BCUT2D eigenvalue weighted by atomic mass is 10.1. The van der Waals surface area contributed by atoms with Crippen LogP contribution in [0.25, 0.3) is 0 Å². The van der Waals surface area contributed by atoms with Crippen molar-refractivity contribution in [1.29, 1.82) is 0 Å². The van der Waals surface area contributed by atoms with E-state index in [1.54, 1.807) is 11.3 Å². The largest absolute Gasteiger partial charge is 0.371 e. The van der Waals surface area contributed by atoms with Crippen LogP contribution >= 0.6 is 22.9 Å². The Balaban J connectivity index is 2.71. The summed E-state index contributed by atoms with van der Waals surface area (Å²) in [6, 6.07) is 3.94. The Labute approximate surface area is 107 Å². The number of thiophene rings is 1. The Morgan fingerprint density at radius 3 is 2.56 bits per heavy atom. The SMILES string of the molecule is CCC(N)C(OCC(C)C)c1ccc(Cl)s1. The zero-order valence-corrected chi connectivity index (χ0v) is 11.6. The van der Waals surface area contributed by atoms with Crippen molar-refractivity contribution in [3.05, 3.63) is 21.3 Å². The Kier molecular flexibility index (Phi) is 5.76. The number of halogens is 1. The van der Waals surface area contributed by atoms with Crippen LogP contribution in [0.4, 0.5) is 0 Å². The minimum absolute atomic E-state index is 0.0232. The maximum absolute atomic E-state index is 6.08. The molecule has 4 heteroatoms. The molecule has 1 aromatic rings. The molecule has 0 saturated heterocycles. The summed E-state index contributed by atoms with van der Waals surface area (Å²) < 4.78 is 6.67. The Morgan fingerprint density at radius 2 is 2.12 bits per heavy atom. The highest BCUT2D eigenvalue weighted by Gasteiger charge is 2.21. The van der Waals surface area contributed by atoms with Crippen molar-refractivity contribution >= 4 is 22.9 Å². The van der Waals surface area contributed by atoms with Gasteiger partial charge < -0.3 is 10.5 Å². The summed E-state index contributed by atoms with van der Waals surface area (Å²) >= 11 is 7.49. The standard InChI is InChI=1S/C12H20ClNOS/c1-4-9(14)12(15-7-8(2)3)10-5-6-11(13)16-10/h5-6,8-9,12H,4,7,14H2,1-3H3. The van der Waals surface area contributed by atoms with Gasteiger partial charge in [-0.25, -0.2) is 0 Å². The van der Waals surface area contributed by atoms with Gasteiger partial charge in [-0.2, -0.15) is 0 Å². The number of hydrogen-bond acceptors (Lipinski definition) is 3. The molecule has 1 aromatic heterocycles. The van der Waals surface area contributed by atoms with Gasteiger partial charge in [0.25, 0.3) is 0 Å². The van der Waals surface area contributed by atoms with Gasteiger partial charge in [0.1, 0.15) is 6.10 Å². The average Bonchev–Trinajstić information content (AvgIpc) is 2.64. The molecule has 0 saturated carbocycles. The fourth-order valence-electron chi connectivity index (χ4n) is 1.41. The fraction of sp³-hybridized carbons (Fsp3) is 0.667. The topological polar surface area (TPSA) is 35.2 Å². The molecule has 2 nitrogen and oxygen atoms in total. The van der Waals surface area contributed by atoms with Crippen LogP contribution in [0.5, 0.6) is 0 Å². The molecular weight excluding hydrogens is 242 g/mol. The molecule has 0 aliphatic carbocycles. The van der Waals surface area contributed by atoms with Gasteiger partial charge in [-0.3, -0.25) is 0 Å². The van der Waals surface area contributed by atoms with E-state index in [0.717, 1.165) is 22.2 Å². The second-order valence-corrected chi connectivity index (χ2v) is 6.11. The van der Waals surface area contributed by atoms with Gasteiger partial charge in [0, 0.05) is 17.5 Å². The monoisotopic (exact) mass is 261 g/mol. The third kappa shape index (κ3) is 4.06. The lowest BCUT2D eigenvalue weighted by Gasteiger charge is -2.23. The summed E-state index contributed by atoms with van der Waals surface area (Å²) in [6.45, 7) is 7.07. The minimum atomic E-state index is -0.0232. The molecule has 1 rings (SSSR count). The second-order valence-electron chi connectivity index (χ2n) is 4.36. The number of ether oxygens (including phenoxy) is 1. The molecule has 0 radical (unpaired) electrons. The van der Waals surface area contributed by atoms with Gasteiger partial charge in [0.15, 0.2) is 0 Å². The molecule has 0 fully saturated rings. The van der Waals surface area contributed by atoms with E-state index < -0.39 is 0 Å². The van der Waals surface area contributed by atoms with Crippen molar-refractivity contribution < 1.29 is 4.74 Å². The summed E-state index contributed by atoms with van der Waals surface area (Å²) in [6.07, 6.45) is 0.878. The van der Waals surface area contributed by atoms with Gasteiger partial charge in [-0.15, -0.1) is 11.3 Å². The van der Waals surface area contributed by atoms with E-state index in [-0.39, 0.29) is 12.1 Å². The van der Waals surface area contributed by atoms with Gasteiger partial charge in [-0.05, 0) is 24.5 Å². The molecule has 0 bridgehead atoms. The third-order valence-electron chi connectivity index (χ3n) is 2.34. The highest BCUT2D eigenvalue weighted by molar-refractivity contribution is 7.16. The molecule has 0 spiro atoms. The molecule has 0 aliphatic rings. The number of nitrogens with two attached hydrogens (primary N) is 1. The lowest BCUT2D eigenvalue weighted by Crippen LogP contribution is -2.29. The van der Waals surface area contributed by atoms with E-state index in [1.807, 2.05) is 12.1 Å². The average molecular weight is 262 g/mol. The number of rotatable bonds is 6. The van der Waals surface area contributed by atoms with Crippen LogP contribution in [0.15, 0.2) is 12.1 Å². The van der Waals surface area contributed by atoms with Crippen molar-refractivity contribution in [1.82, 2.24) is 0 Å². The minimum Gasteiger partial charge on any atom is -0.371 e. The first-order chi connectivity index (χ1) is 7.54. The molecule has 0 aliphatic heterocycles. The van der Waals surface area contributed by atoms with Crippen molar-refractivity contribution in [2.24, 2.45) is 11.7 Å². The summed E-state index contributed by atoms with van der Waals surface area (Å²) in [7, 11) is 0. The van der Waals surface area contributed by atoms with Crippen molar-refractivity contribution in [3.8, 4) is 0 Å². The van der Waals surface area contributed by atoms with Gasteiger partial charge in [0.2, 0.25) is 0 Å². The summed E-state index contributed by atoms with van der Waals surface area (Å²) in [4.78, 5) is 1.13. The Morgan fingerprint density at radius 1 is 1.44 bits per heavy atom. The summed E-state index contributed by atoms with van der Waals surface area (Å²) in [5.74, 6) is 0.516. The van der Waals surface area contributed by atoms with Gasteiger partial charge in [0.05, 0.1) is 4.34 Å². The normalized spacial score (nSPS) is 15.4. The van der Waals surface area contributed by atoms with Crippen molar-refractivity contribution in [2.45, 2.75) is 39.3 Å². The van der Waals surface area contributed by atoms with Crippen LogP contribution in [-0.4, -0.2) is 12.6 Å². The Bertz CT molecular complexity index is 314. The molecular formula is C12H20ClNOS. The third-order valence-corrected chi connectivity index (χ3v) is 3.64.